The van der Waals surface area contributed by atoms with Gasteiger partial charge in [-0.15, -0.1) is 0 Å². The van der Waals surface area contributed by atoms with Gasteiger partial charge in [-0.25, -0.2) is 0 Å². The molecule has 1 unspecified atom stereocenters. The fourth-order valence-electron chi connectivity index (χ4n) is 3.47. The number of carboxylic acids is 1. The van der Waals surface area contributed by atoms with E-state index in [0.29, 0.717) is 38.5 Å². The molecule has 5 nitrogen and oxygen atoms in total. The van der Waals surface area contributed by atoms with E-state index in [1.165, 1.54) is 0 Å². The van der Waals surface area contributed by atoms with E-state index in [-0.39, 0.29) is 36.2 Å². The lowest BCUT2D eigenvalue weighted by Gasteiger charge is -2.19. The Labute approximate surface area is 150 Å². The van der Waals surface area contributed by atoms with E-state index in [1.807, 2.05) is 12.2 Å². The Morgan fingerprint density at radius 2 is 1.88 bits per heavy atom. The van der Waals surface area contributed by atoms with Crippen molar-refractivity contribution in [3.8, 4) is 0 Å². The molecule has 1 rings (SSSR count). The predicted molar refractivity (Wildman–Crippen MR) is 96.2 cm³/mol. The van der Waals surface area contributed by atoms with Crippen LogP contribution in [0.2, 0.25) is 0 Å². The first-order valence-electron chi connectivity index (χ1n) is 9.55. The van der Waals surface area contributed by atoms with Crippen LogP contribution >= 0.6 is 0 Å². The van der Waals surface area contributed by atoms with Crippen molar-refractivity contribution in [2.75, 3.05) is 0 Å². The molecule has 0 aromatic carbocycles. The van der Waals surface area contributed by atoms with Gasteiger partial charge in [-0.1, -0.05) is 31.9 Å². The predicted octanol–water partition coefficient (Wildman–Crippen LogP) is 3.68. The second-order valence-electron chi connectivity index (χ2n) is 7.04. The number of ketones is 2. The van der Waals surface area contributed by atoms with Crippen molar-refractivity contribution in [2.24, 2.45) is 11.8 Å². The largest absolute Gasteiger partial charge is 0.481 e. The fourth-order valence-corrected chi connectivity index (χ4v) is 3.47. The molecule has 0 saturated heterocycles. The maximum absolute atomic E-state index is 12.1. The number of hydrogen-bond acceptors (Lipinski definition) is 4. The van der Waals surface area contributed by atoms with Gasteiger partial charge in [0.2, 0.25) is 0 Å². The van der Waals surface area contributed by atoms with E-state index < -0.39 is 12.1 Å². The lowest BCUT2D eigenvalue weighted by atomic mass is 9.86. The Bertz CT molecular complexity index is 469. The summed E-state index contributed by atoms with van der Waals surface area (Å²) in [4.78, 5) is 34.5. The van der Waals surface area contributed by atoms with Gasteiger partial charge in [0.25, 0.3) is 0 Å². The zero-order valence-electron chi connectivity index (χ0n) is 15.3. The molecule has 0 aromatic heterocycles. The molecular formula is C20H32O5. The van der Waals surface area contributed by atoms with Crippen LogP contribution in [0.5, 0.6) is 0 Å². The molecule has 1 aliphatic carbocycles. The van der Waals surface area contributed by atoms with Crippen LogP contribution in [0.1, 0.15) is 77.6 Å². The number of aliphatic hydroxyl groups is 1. The average molecular weight is 352 g/mol. The number of hydrogen-bond donors (Lipinski definition) is 2. The molecule has 2 N–H and O–H groups in total. The van der Waals surface area contributed by atoms with Crippen molar-refractivity contribution in [1.29, 1.82) is 0 Å². The molecule has 0 heterocycles. The molecule has 142 valence electrons. The Balaban J connectivity index is 2.39. The van der Waals surface area contributed by atoms with Crippen LogP contribution in [0.3, 0.4) is 0 Å². The lowest BCUT2D eigenvalue weighted by molar-refractivity contribution is -0.137. The molecular weight excluding hydrogens is 320 g/mol. The Kier molecular flexibility index (Phi) is 10.3. The first-order valence-corrected chi connectivity index (χ1v) is 9.55. The number of unbranched alkanes of at least 4 members (excludes halogenated alkanes) is 3. The van der Waals surface area contributed by atoms with Gasteiger partial charge in [0.05, 0.1) is 6.10 Å². The monoisotopic (exact) mass is 352 g/mol. The Hall–Kier alpha value is -1.49. The molecule has 0 radical (unpaired) electrons. The zero-order valence-corrected chi connectivity index (χ0v) is 15.3. The first-order chi connectivity index (χ1) is 12.0. The van der Waals surface area contributed by atoms with Gasteiger partial charge >= 0.3 is 5.97 Å². The molecule has 1 aliphatic rings. The van der Waals surface area contributed by atoms with Crippen LogP contribution < -0.4 is 0 Å². The summed E-state index contributed by atoms with van der Waals surface area (Å²) < 4.78 is 0. The number of carbonyl (C=O) groups is 3. The van der Waals surface area contributed by atoms with E-state index in [0.717, 1.165) is 19.3 Å². The Morgan fingerprint density at radius 1 is 1.12 bits per heavy atom. The summed E-state index contributed by atoms with van der Waals surface area (Å²) in [6.07, 6.45) is 10.0. The molecule has 0 bridgehead atoms. The Morgan fingerprint density at radius 3 is 2.56 bits per heavy atom. The van der Waals surface area contributed by atoms with Crippen LogP contribution in [0, 0.1) is 11.8 Å². The maximum atomic E-state index is 12.1. The number of carboxylic acid groups (broad SMARTS) is 1. The molecule has 1 fully saturated rings. The van der Waals surface area contributed by atoms with E-state index >= 15 is 0 Å². The molecule has 5 heteroatoms. The third-order valence-electron chi connectivity index (χ3n) is 4.97. The van der Waals surface area contributed by atoms with Gasteiger partial charge in [0.15, 0.2) is 0 Å². The fraction of sp³-hybridized carbons (Fsp3) is 0.750. The number of Topliss-reactive ketones (excluding diaryl/α,β-unsaturated/α-hetero) is 2. The van der Waals surface area contributed by atoms with Crippen molar-refractivity contribution in [2.45, 2.75) is 83.7 Å². The number of aliphatic carboxylic acids is 1. The third kappa shape index (κ3) is 8.43. The van der Waals surface area contributed by atoms with Crippen molar-refractivity contribution in [3.05, 3.63) is 12.2 Å². The van der Waals surface area contributed by atoms with Crippen molar-refractivity contribution in [1.82, 2.24) is 0 Å². The van der Waals surface area contributed by atoms with Crippen LogP contribution in [-0.4, -0.2) is 33.9 Å². The average Bonchev–Trinajstić information content (AvgIpc) is 2.82. The summed E-state index contributed by atoms with van der Waals surface area (Å²) in [6, 6.07) is 0. The van der Waals surface area contributed by atoms with Gasteiger partial charge in [-0.05, 0) is 38.0 Å². The second kappa shape index (κ2) is 12.0. The minimum absolute atomic E-state index is 0.0751. The van der Waals surface area contributed by atoms with E-state index in [9.17, 15) is 19.5 Å². The second-order valence-corrected chi connectivity index (χ2v) is 7.04. The van der Waals surface area contributed by atoms with Crippen molar-refractivity contribution < 1.29 is 24.6 Å². The van der Waals surface area contributed by atoms with E-state index in [2.05, 4.69) is 6.92 Å². The highest BCUT2D eigenvalue weighted by molar-refractivity contribution is 5.84. The molecule has 0 aliphatic heterocycles. The summed E-state index contributed by atoms with van der Waals surface area (Å²) in [5, 5.41) is 18.7. The van der Waals surface area contributed by atoms with Gasteiger partial charge in [0.1, 0.15) is 11.6 Å². The molecule has 0 spiro atoms. The number of allylic oxidation sites excluding steroid dienone is 2. The quantitative estimate of drug-likeness (QED) is 0.390. The first kappa shape index (κ1) is 21.6. The van der Waals surface area contributed by atoms with Crippen LogP contribution in [0.15, 0.2) is 12.2 Å². The lowest BCUT2D eigenvalue weighted by Crippen LogP contribution is -2.21. The van der Waals surface area contributed by atoms with Crippen LogP contribution in [0.25, 0.3) is 0 Å². The summed E-state index contributed by atoms with van der Waals surface area (Å²) in [5.41, 5.74) is 0. The maximum Gasteiger partial charge on any atom is 0.303 e. The SMILES string of the molecule is CCCCCC(=O)CC[C@H]1C(O)CC(=O)[C@@H]1CC=CCCCC(=O)O. The van der Waals surface area contributed by atoms with E-state index in [4.69, 9.17) is 5.11 Å². The summed E-state index contributed by atoms with van der Waals surface area (Å²) >= 11 is 0. The topological polar surface area (TPSA) is 91.7 Å². The van der Waals surface area contributed by atoms with Crippen molar-refractivity contribution >= 4 is 17.5 Å². The van der Waals surface area contributed by atoms with Gasteiger partial charge in [-0.2, -0.15) is 0 Å². The summed E-state index contributed by atoms with van der Waals surface area (Å²) in [6.45, 7) is 2.10. The number of aliphatic hydroxyl groups excluding tert-OH is 1. The number of rotatable bonds is 13. The normalized spacial score (nSPS) is 23.4. The minimum atomic E-state index is -0.800. The highest BCUT2D eigenvalue weighted by Crippen LogP contribution is 2.35. The zero-order chi connectivity index (χ0) is 18.7. The van der Waals surface area contributed by atoms with Crippen LogP contribution in [-0.2, 0) is 14.4 Å². The minimum Gasteiger partial charge on any atom is -0.481 e. The summed E-state index contributed by atoms with van der Waals surface area (Å²) in [5.74, 6) is -0.847. The van der Waals surface area contributed by atoms with Gasteiger partial charge in [-0.3, -0.25) is 14.4 Å². The van der Waals surface area contributed by atoms with Gasteiger partial charge in [0, 0.05) is 31.6 Å². The smallest absolute Gasteiger partial charge is 0.303 e. The van der Waals surface area contributed by atoms with Gasteiger partial charge < -0.3 is 10.2 Å². The molecule has 0 amide bonds. The van der Waals surface area contributed by atoms with E-state index in [1.54, 1.807) is 0 Å². The highest BCUT2D eigenvalue weighted by Gasteiger charge is 2.40. The molecule has 1 saturated carbocycles. The summed E-state index contributed by atoms with van der Waals surface area (Å²) in [7, 11) is 0. The molecule has 25 heavy (non-hydrogen) atoms. The number of carbonyl (C=O) groups excluding carboxylic acids is 2. The highest BCUT2D eigenvalue weighted by atomic mass is 16.4. The third-order valence-corrected chi connectivity index (χ3v) is 4.97. The van der Waals surface area contributed by atoms with Crippen molar-refractivity contribution in [3.63, 3.8) is 0 Å². The standard InChI is InChI=1S/C20H32O5/c1-2-3-6-9-15(21)12-13-17-16(18(22)14-19(17)23)10-7-4-5-8-11-20(24)25/h4,7,16-17,19,23H,2-3,5-6,8-14H2,1H3,(H,24,25)/t16-,17-,19?/m1/s1. The van der Waals surface area contributed by atoms with Crippen LogP contribution in [0.4, 0.5) is 0 Å². The molecule has 3 atom stereocenters. The molecule has 0 aromatic rings.